The molecule has 0 bridgehead atoms. The Bertz CT molecular complexity index is 479. The maximum absolute atomic E-state index is 10.7. The molecule has 0 heterocycles. The Balaban J connectivity index is 1.98. The molecule has 4 nitrogen and oxygen atoms in total. The lowest BCUT2D eigenvalue weighted by Crippen LogP contribution is -2.37. The van der Waals surface area contributed by atoms with Crippen molar-refractivity contribution < 1.29 is 4.92 Å². The number of nitrogens with zero attached hydrogens (tertiary/aromatic N) is 1. The average molecular weight is 297 g/mol. The Morgan fingerprint density at radius 1 is 1.40 bits per heavy atom. The lowest BCUT2D eigenvalue weighted by Gasteiger charge is -2.31. The first kappa shape index (κ1) is 15.3. The molecule has 1 aliphatic carbocycles. The van der Waals surface area contributed by atoms with Gasteiger partial charge in [0.2, 0.25) is 0 Å². The van der Waals surface area contributed by atoms with Crippen LogP contribution in [0.25, 0.3) is 0 Å². The minimum Gasteiger partial charge on any atom is -0.310 e. The Labute approximate surface area is 124 Å². The lowest BCUT2D eigenvalue weighted by molar-refractivity contribution is -0.384. The largest absolute Gasteiger partial charge is 0.310 e. The van der Waals surface area contributed by atoms with E-state index in [-0.39, 0.29) is 5.69 Å². The van der Waals surface area contributed by atoms with Crippen molar-refractivity contribution in [2.75, 3.05) is 0 Å². The van der Waals surface area contributed by atoms with Crippen LogP contribution in [0.1, 0.15) is 44.6 Å². The van der Waals surface area contributed by atoms with Crippen LogP contribution in [0.3, 0.4) is 0 Å². The van der Waals surface area contributed by atoms with Gasteiger partial charge in [-0.25, -0.2) is 0 Å². The number of nitrogens with one attached hydrogen (secondary N) is 1. The van der Waals surface area contributed by atoms with E-state index in [9.17, 15) is 10.1 Å². The summed E-state index contributed by atoms with van der Waals surface area (Å²) in [5.41, 5.74) is 0.973. The van der Waals surface area contributed by atoms with Gasteiger partial charge < -0.3 is 5.32 Å². The molecule has 0 amide bonds. The van der Waals surface area contributed by atoms with Crippen molar-refractivity contribution in [1.82, 2.24) is 5.32 Å². The highest BCUT2D eigenvalue weighted by Gasteiger charge is 2.23. The molecule has 2 atom stereocenters. The standard InChI is InChI=1S/C15H21ClN2O2/c1-2-11-5-3-4-6-15(11)17-10-12-7-8-13(18(19)20)9-14(12)16/h7-9,11,15,17H,2-6,10H2,1H3. The molecule has 0 aliphatic heterocycles. The van der Waals surface area contributed by atoms with Gasteiger partial charge in [-0.3, -0.25) is 10.1 Å². The fraction of sp³-hybridized carbons (Fsp3) is 0.600. The summed E-state index contributed by atoms with van der Waals surface area (Å²) < 4.78 is 0. The van der Waals surface area contributed by atoms with Crippen molar-refractivity contribution in [1.29, 1.82) is 0 Å². The van der Waals surface area contributed by atoms with Gasteiger partial charge in [-0.05, 0) is 30.4 Å². The number of hydrogen-bond acceptors (Lipinski definition) is 3. The number of rotatable bonds is 5. The number of hydrogen-bond donors (Lipinski definition) is 1. The third kappa shape index (κ3) is 3.70. The minimum atomic E-state index is -0.419. The summed E-state index contributed by atoms with van der Waals surface area (Å²) in [7, 11) is 0. The molecule has 2 rings (SSSR count). The van der Waals surface area contributed by atoms with Crippen LogP contribution in [0.15, 0.2) is 18.2 Å². The van der Waals surface area contributed by atoms with Crippen LogP contribution in [0, 0.1) is 16.0 Å². The fourth-order valence-electron chi connectivity index (χ4n) is 3.00. The van der Waals surface area contributed by atoms with Gasteiger partial charge in [0, 0.05) is 24.7 Å². The molecular formula is C15H21ClN2O2. The second-order valence-electron chi connectivity index (χ2n) is 5.47. The van der Waals surface area contributed by atoms with Crippen LogP contribution in [-0.2, 0) is 6.54 Å². The van der Waals surface area contributed by atoms with Crippen molar-refractivity contribution in [3.63, 3.8) is 0 Å². The highest BCUT2D eigenvalue weighted by atomic mass is 35.5. The third-order valence-corrected chi connectivity index (χ3v) is 4.59. The number of nitro groups is 1. The van der Waals surface area contributed by atoms with Crippen molar-refractivity contribution in [2.45, 2.75) is 51.6 Å². The van der Waals surface area contributed by atoms with Gasteiger partial charge >= 0.3 is 0 Å². The second-order valence-corrected chi connectivity index (χ2v) is 5.88. The molecule has 1 N–H and O–H groups in total. The summed E-state index contributed by atoms with van der Waals surface area (Å²) in [6.45, 7) is 2.92. The predicted octanol–water partition coefficient (Wildman–Crippen LogP) is 4.31. The molecule has 0 spiro atoms. The van der Waals surface area contributed by atoms with E-state index in [2.05, 4.69) is 12.2 Å². The van der Waals surface area contributed by atoms with E-state index in [0.29, 0.717) is 17.6 Å². The average Bonchev–Trinajstić information content (AvgIpc) is 2.46. The summed E-state index contributed by atoms with van der Waals surface area (Å²) in [6.07, 6.45) is 6.31. The van der Waals surface area contributed by atoms with Crippen LogP contribution in [0.4, 0.5) is 5.69 Å². The van der Waals surface area contributed by atoms with Gasteiger partial charge in [-0.1, -0.05) is 37.8 Å². The molecule has 5 heteroatoms. The Kier molecular flexibility index (Phi) is 5.38. The molecular weight excluding hydrogens is 276 g/mol. The van der Waals surface area contributed by atoms with E-state index in [1.165, 1.54) is 44.2 Å². The zero-order chi connectivity index (χ0) is 14.5. The molecule has 0 saturated heterocycles. The van der Waals surface area contributed by atoms with Crippen LogP contribution in [0.2, 0.25) is 5.02 Å². The van der Waals surface area contributed by atoms with E-state index in [4.69, 9.17) is 11.6 Å². The van der Waals surface area contributed by atoms with Gasteiger partial charge in [0.25, 0.3) is 5.69 Å². The highest BCUT2D eigenvalue weighted by molar-refractivity contribution is 6.31. The van der Waals surface area contributed by atoms with Crippen LogP contribution >= 0.6 is 11.6 Å². The van der Waals surface area contributed by atoms with E-state index in [1.807, 2.05) is 0 Å². The van der Waals surface area contributed by atoms with Gasteiger partial charge in [0.1, 0.15) is 0 Å². The first-order valence-electron chi connectivity index (χ1n) is 7.28. The summed E-state index contributed by atoms with van der Waals surface area (Å²) >= 11 is 6.12. The zero-order valence-corrected chi connectivity index (χ0v) is 12.5. The maximum Gasteiger partial charge on any atom is 0.270 e. The van der Waals surface area contributed by atoms with Crippen molar-refractivity contribution in [3.8, 4) is 0 Å². The third-order valence-electron chi connectivity index (χ3n) is 4.24. The molecule has 1 aliphatic rings. The van der Waals surface area contributed by atoms with E-state index >= 15 is 0 Å². The molecule has 0 aromatic heterocycles. The maximum atomic E-state index is 10.7. The summed E-state index contributed by atoms with van der Waals surface area (Å²) in [5.74, 6) is 0.737. The van der Waals surface area contributed by atoms with Crippen LogP contribution in [-0.4, -0.2) is 11.0 Å². The van der Waals surface area contributed by atoms with E-state index in [0.717, 1.165) is 11.5 Å². The molecule has 20 heavy (non-hydrogen) atoms. The summed E-state index contributed by atoms with van der Waals surface area (Å²) in [6, 6.07) is 5.23. The molecule has 2 unspecified atom stereocenters. The number of non-ortho nitro benzene ring substituents is 1. The monoisotopic (exact) mass is 296 g/mol. The van der Waals surface area contributed by atoms with Gasteiger partial charge in [0.05, 0.1) is 9.95 Å². The topological polar surface area (TPSA) is 55.2 Å². The first-order valence-corrected chi connectivity index (χ1v) is 7.65. The Hall–Kier alpha value is -1.13. The lowest BCUT2D eigenvalue weighted by atomic mass is 9.83. The van der Waals surface area contributed by atoms with Gasteiger partial charge in [0.15, 0.2) is 0 Å². The molecule has 110 valence electrons. The highest BCUT2D eigenvalue weighted by Crippen LogP contribution is 2.28. The smallest absolute Gasteiger partial charge is 0.270 e. The number of nitro benzene ring substituents is 1. The fourth-order valence-corrected chi connectivity index (χ4v) is 3.24. The Morgan fingerprint density at radius 3 is 2.80 bits per heavy atom. The quantitative estimate of drug-likeness (QED) is 0.651. The van der Waals surface area contributed by atoms with Crippen LogP contribution in [0.5, 0.6) is 0 Å². The first-order chi connectivity index (χ1) is 9.61. The van der Waals surface area contributed by atoms with E-state index in [1.54, 1.807) is 6.07 Å². The predicted molar refractivity (Wildman–Crippen MR) is 81.0 cm³/mol. The number of halogens is 1. The molecule has 0 radical (unpaired) electrons. The van der Waals surface area contributed by atoms with Crippen LogP contribution < -0.4 is 5.32 Å². The van der Waals surface area contributed by atoms with Crippen molar-refractivity contribution in [2.24, 2.45) is 5.92 Å². The summed E-state index contributed by atoms with van der Waals surface area (Å²) in [4.78, 5) is 10.3. The SMILES string of the molecule is CCC1CCCCC1NCc1ccc([N+](=O)[O-])cc1Cl. The Morgan fingerprint density at radius 2 is 2.15 bits per heavy atom. The molecule has 1 fully saturated rings. The van der Waals surface area contributed by atoms with Gasteiger partial charge in [-0.15, -0.1) is 0 Å². The normalized spacial score (nSPS) is 22.7. The molecule has 1 aromatic carbocycles. The molecule has 1 saturated carbocycles. The summed E-state index contributed by atoms with van der Waals surface area (Å²) in [5, 5.41) is 14.7. The van der Waals surface area contributed by atoms with Crippen molar-refractivity contribution >= 4 is 17.3 Å². The number of benzene rings is 1. The second kappa shape index (κ2) is 7.04. The minimum absolute atomic E-state index is 0.0443. The molecule has 1 aromatic rings. The zero-order valence-electron chi connectivity index (χ0n) is 11.8. The van der Waals surface area contributed by atoms with Crippen molar-refractivity contribution in [3.05, 3.63) is 38.9 Å². The van der Waals surface area contributed by atoms with E-state index < -0.39 is 4.92 Å². The van der Waals surface area contributed by atoms with Gasteiger partial charge in [-0.2, -0.15) is 0 Å².